The van der Waals surface area contributed by atoms with Crippen molar-refractivity contribution < 1.29 is 15.3 Å². The number of nitrogens with one attached hydrogen (secondary N) is 2. The van der Waals surface area contributed by atoms with Gasteiger partial charge in [-0.25, -0.2) is 0 Å². The Morgan fingerprint density at radius 3 is 2.81 bits per heavy atom. The molecule has 1 aromatic carbocycles. The van der Waals surface area contributed by atoms with Crippen LogP contribution in [0.5, 0.6) is 0 Å². The molecule has 5 nitrogen and oxygen atoms in total. The minimum absolute atomic E-state index is 0.291. The average Bonchev–Trinajstić information content (AvgIpc) is 2.69. The Balaban J connectivity index is 1.98. The first-order chi connectivity index (χ1) is 7.61. The van der Waals surface area contributed by atoms with Crippen LogP contribution in [0.1, 0.15) is 12.0 Å². The molecule has 0 bridgehead atoms. The molecule has 0 radical (unpaired) electrons. The second kappa shape index (κ2) is 3.18. The van der Waals surface area contributed by atoms with Crippen LogP contribution in [0.25, 0.3) is 0 Å². The van der Waals surface area contributed by atoms with E-state index in [0.717, 1.165) is 11.3 Å². The van der Waals surface area contributed by atoms with Gasteiger partial charge in [-0.15, -0.1) is 0 Å². The van der Waals surface area contributed by atoms with Gasteiger partial charge in [0.1, 0.15) is 11.8 Å². The zero-order valence-electron chi connectivity index (χ0n) is 8.59. The maximum atomic E-state index is 10.6. The molecule has 3 atom stereocenters. The molecule has 2 aliphatic heterocycles. The van der Waals surface area contributed by atoms with E-state index in [9.17, 15) is 5.11 Å². The number of hydrogen-bond acceptors (Lipinski definition) is 5. The van der Waals surface area contributed by atoms with Gasteiger partial charge in [-0.2, -0.15) is 0 Å². The van der Waals surface area contributed by atoms with Crippen LogP contribution in [0, 0.1) is 0 Å². The third kappa shape index (κ3) is 1.20. The highest BCUT2D eigenvalue weighted by Crippen LogP contribution is 2.45. The van der Waals surface area contributed by atoms with Crippen LogP contribution in [-0.2, 0) is 5.60 Å². The lowest BCUT2D eigenvalue weighted by Crippen LogP contribution is -2.43. The smallest absolute Gasteiger partial charge is 0.167 e. The van der Waals surface area contributed by atoms with Gasteiger partial charge in [-0.3, -0.25) is 5.32 Å². The van der Waals surface area contributed by atoms with Crippen LogP contribution in [0.4, 0.5) is 5.69 Å². The van der Waals surface area contributed by atoms with Gasteiger partial charge in [0.25, 0.3) is 0 Å². The second-order valence-corrected chi connectivity index (χ2v) is 4.44. The molecular weight excluding hydrogens is 208 g/mol. The molecule has 1 fully saturated rings. The Morgan fingerprint density at radius 1 is 1.31 bits per heavy atom. The third-order valence-corrected chi connectivity index (χ3v) is 3.44. The molecule has 5 N–H and O–H groups in total. The number of rotatable bonds is 1. The van der Waals surface area contributed by atoms with Gasteiger partial charge in [0, 0.05) is 17.7 Å². The SMILES string of the molecule is OC(O)C1CC2(O)c3ccccc3NC2N1. The molecular formula is C11H14N2O3. The van der Waals surface area contributed by atoms with Gasteiger partial charge in [0.2, 0.25) is 0 Å². The van der Waals surface area contributed by atoms with Crippen molar-refractivity contribution in [2.24, 2.45) is 0 Å². The standard InChI is InChI=1S/C11H14N2O3/c14-9(15)8-5-11(16)6-3-1-2-4-7(6)12-10(11)13-8/h1-4,8-10,12-16H,5H2. The lowest BCUT2D eigenvalue weighted by atomic mass is 9.91. The molecule has 1 saturated heterocycles. The first-order valence-corrected chi connectivity index (χ1v) is 5.32. The highest BCUT2D eigenvalue weighted by Gasteiger charge is 2.53. The summed E-state index contributed by atoms with van der Waals surface area (Å²) < 4.78 is 0. The summed E-state index contributed by atoms with van der Waals surface area (Å²) in [6, 6.07) is 7.02. The molecule has 0 aliphatic carbocycles. The molecule has 2 aliphatic rings. The molecule has 86 valence electrons. The van der Waals surface area contributed by atoms with Crippen LogP contribution in [0.15, 0.2) is 24.3 Å². The number of aliphatic hydroxyl groups excluding tert-OH is 1. The number of para-hydroxylation sites is 1. The summed E-state index contributed by atoms with van der Waals surface area (Å²) in [6.07, 6.45) is -1.51. The van der Waals surface area contributed by atoms with E-state index in [1.807, 2.05) is 24.3 Å². The van der Waals surface area contributed by atoms with E-state index in [4.69, 9.17) is 10.2 Å². The summed E-state index contributed by atoms with van der Waals surface area (Å²) in [7, 11) is 0. The lowest BCUT2D eigenvalue weighted by Gasteiger charge is -2.21. The molecule has 16 heavy (non-hydrogen) atoms. The molecule has 0 amide bonds. The maximum Gasteiger partial charge on any atom is 0.167 e. The van der Waals surface area contributed by atoms with E-state index in [1.54, 1.807) is 0 Å². The Morgan fingerprint density at radius 2 is 2.06 bits per heavy atom. The normalized spacial score (nSPS) is 36.0. The van der Waals surface area contributed by atoms with Crippen LogP contribution in [0.2, 0.25) is 0 Å². The van der Waals surface area contributed by atoms with Gasteiger partial charge in [-0.1, -0.05) is 18.2 Å². The van der Waals surface area contributed by atoms with E-state index in [0.29, 0.717) is 6.42 Å². The van der Waals surface area contributed by atoms with E-state index < -0.39 is 17.9 Å². The largest absolute Gasteiger partial charge is 0.381 e. The van der Waals surface area contributed by atoms with Crippen LogP contribution in [0.3, 0.4) is 0 Å². The van der Waals surface area contributed by atoms with Crippen molar-refractivity contribution in [1.82, 2.24) is 5.32 Å². The number of benzene rings is 1. The van der Waals surface area contributed by atoms with Crippen LogP contribution >= 0.6 is 0 Å². The van der Waals surface area contributed by atoms with E-state index in [-0.39, 0.29) is 6.17 Å². The fourth-order valence-corrected chi connectivity index (χ4v) is 2.62. The van der Waals surface area contributed by atoms with Crippen molar-refractivity contribution in [3.63, 3.8) is 0 Å². The van der Waals surface area contributed by atoms with E-state index in [2.05, 4.69) is 10.6 Å². The molecule has 1 aromatic rings. The zero-order chi connectivity index (χ0) is 11.3. The molecule has 0 spiro atoms. The predicted molar refractivity (Wildman–Crippen MR) is 57.5 cm³/mol. The summed E-state index contributed by atoms with van der Waals surface area (Å²) >= 11 is 0. The second-order valence-electron chi connectivity index (χ2n) is 4.44. The first-order valence-electron chi connectivity index (χ1n) is 5.32. The lowest BCUT2D eigenvalue weighted by molar-refractivity contribution is -0.0685. The third-order valence-electron chi connectivity index (χ3n) is 3.44. The van der Waals surface area contributed by atoms with Crippen molar-refractivity contribution in [2.75, 3.05) is 5.32 Å². The van der Waals surface area contributed by atoms with Crippen LogP contribution in [-0.4, -0.2) is 33.8 Å². The zero-order valence-corrected chi connectivity index (χ0v) is 8.59. The Labute approximate surface area is 92.7 Å². The summed E-state index contributed by atoms with van der Waals surface area (Å²) in [5.41, 5.74) is 0.661. The van der Waals surface area contributed by atoms with Crippen molar-refractivity contribution in [2.45, 2.75) is 30.5 Å². The van der Waals surface area contributed by atoms with Gasteiger partial charge in [0.05, 0.1) is 6.04 Å². The number of aliphatic hydroxyl groups is 3. The minimum atomic E-state index is -1.46. The summed E-state index contributed by atoms with van der Waals surface area (Å²) in [5, 5.41) is 34.9. The minimum Gasteiger partial charge on any atom is -0.381 e. The quantitative estimate of drug-likeness (QED) is 0.406. The topological polar surface area (TPSA) is 84.8 Å². The fraction of sp³-hybridized carbons (Fsp3) is 0.455. The highest BCUT2D eigenvalue weighted by atomic mass is 16.5. The molecule has 0 saturated carbocycles. The van der Waals surface area contributed by atoms with Crippen molar-refractivity contribution >= 4 is 5.69 Å². The fourth-order valence-electron chi connectivity index (χ4n) is 2.62. The number of fused-ring (bicyclic) bond motifs is 3. The Hall–Kier alpha value is -1.14. The Bertz CT molecular complexity index is 423. The number of hydrogen-bond donors (Lipinski definition) is 5. The van der Waals surface area contributed by atoms with Gasteiger partial charge in [0.15, 0.2) is 6.29 Å². The summed E-state index contributed by atoms with van der Waals surface area (Å²) in [6.45, 7) is 0. The molecule has 3 unspecified atom stereocenters. The summed E-state index contributed by atoms with van der Waals surface area (Å²) in [5.74, 6) is 0. The van der Waals surface area contributed by atoms with Crippen molar-refractivity contribution in [3.05, 3.63) is 29.8 Å². The van der Waals surface area contributed by atoms with Crippen LogP contribution < -0.4 is 10.6 Å². The summed E-state index contributed by atoms with van der Waals surface area (Å²) in [4.78, 5) is 0. The highest BCUT2D eigenvalue weighted by molar-refractivity contribution is 5.61. The van der Waals surface area contributed by atoms with Gasteiger partial charge < -0.3 is 20.6 Å². The van der Waals surface area contributed by atoms with Crippen molar-refractivity contribution in [1.29, 1.82) is 0 Å². The van der Waals surface area contributed by atoms with E-state index in [1.165, 1.54) is 0 Å². The van der Waals surface area contributed by atoms with Crippen molar-refractivity contribution in [3.8, 4) is 0 Å². The average molecular weight is 222 g/mol. The molecule has 2 heterocycles. The monoisotopic (exact) mass is 222 g/mol. The van der Waals surface area contributed by atoms with E-state index >= 15 is 0 Å². The molecule has 5 heteroatoms. The molecule has 0 aromatic heterocycles. The molecule has 3 rings (SSSR count). The first kappa shape index (κ1) is 10.0. The van der Waals surface area contributed by atoms with Gasteiger partial charge >= 0.3 is 0 Å². The van der Waals surface area contributed by atoms with Gasteiger partial charge in [-0.05, 0) is 6.07 Å². The Kier molecular flexibility index (Phi) is 1.99. The predicted octanol–water partition coefficient (Wildman–Crippen LogP) is -0.702. The number of anilines is 1. The maximum absolute atomic E-state index is 10.6.